The highest BCUT2D eigenvalue weighted by atomic mass is 79.9. The molecule has 5 nitrogen and oxygen atoms in total. The summed E-state index contributed by atoms with van der Waals surface area (Å²) >= 11 is 9.29. The van der Waals surface area contributed by atoms with Crippen LogP contribution in [0, 0.1) is 6.92 Å². The van der Waals surface area contributed by atoms with Crippen molar-refractivity contribution in [1.82, 2.24) is 4.98 Å². The van der Waals surface area contributed by atoms with Crippen LogP contribution in [0.1, 0.15) is 5.56 Å². The van der Waals surface area contributed by atoms with E-state index in [2.05, 4.69) is 25.6 Å². The SMILES string of the molecule is Cc1cc(Br)c(NS(=O)(=O)c2cnccc2N)cc1Cl. The Morgan fingerprint density at radius 2 is 2.10 bits per heavy atom. The zero-order valence-electron chi connectivity index (χ0n) is 10.4. The molecule has 0 aliphatic carbocycles. The van der Waals surface area contributed by atoms with Crippen LogP contribution in [0.15, 0.2) is 40.0 Å². The normalized spacial score (nSPS) is 11.3. The minimum atomic E-state index is -3.82. The summed E-state index contributed by atoms with van der Waals surface area (Å²) in [5, 5.41) is 0.463. The quantitative estimate of drug-likeness (QED) is 0.861. The van der Waals surface area contributed by atoms with Gasteiger partial charge in [0.15, 0.2) is 0 Å². The molecule has 0 unspecified atom stereocenters. The number of aryl methyl sites for hydroxylation is 1. The van der Waals surface area contributed by atoms with Gasteiger partial charge in [-0.2, -0.15) is 0 Å². The first kappa shape index (κ1) is 15.1. The Morgan fingerprint density at radius 3 is 2.75 bits per heavy atom. The summed E-state index contributed by atoms with van der Waals surface area (Å²) in [5.74, 6) is 0. The highest BCUT2D eigenvalue weighted by molar-refractivity contribution is 9.10. The third-order valence-corrected chi connectivity index (χ3v) is 5.07. The summed E-state index contributed by atoms with van der Waals surface area (Å²) in [5.41, 5.74) is 6.95. The number of nitrogens with one attached hydrogen (secondary N) is 1. The second-order valence-corrected chi connectivity index (χ2v) is 7.01. The van der Waals surface area contributed by atoms with Crippen LogP contribution in [0.4, 0.5) is 11.4 Å². The van der Waals surface area contributed by atoms with Crippen molar-refractivity contribution >= 4 is 48.9 Å². The molecule has 0 radical (unpaired) electrons. The Hall–Kier alpha value is -1.31. The molecule has 106 valence electrons. The molecule has 2 aromatic rings. The number of halogens is 2. The van der Waals surface area contributed by atoms with Crippen LogP contribution in [0.5, 0.6) is 0 Å². The number of anilines is 2. The van der Waals surface area contributed by atoms with Gasteiger partial charge in [-0.15, -0.1) is 0 Å². The van der Waals surface area contributed by atoms with E-state index in [4.69, 9.17) is 17.3 Å². The van der Waals surface area contributed by atoms with E-state index < -0.39 is 10.0 Å². The first-order chi connectivity index (χ1) is 9.31. The van der Waals surface area contributed by atoms with E-state index in [9.17, 15) is 8.42 Å². The van der Waals surface area contributed by atoms with Gasteiger partial charge in [-0.1, -0.05) is 11.6 Å². The van der Waals surface area contributed by atoms with Crippen molar-refractivity contribution < 1.29 is 8.42 Å². The van der Waals surface area contributed by atoms with Gasteiger partial charge in [0, 0.05) is 21.9 Å². The summed E-state index contributed by atoms with van der Waals surface area (Å²) in [7, 11) is -3.82. The maximum atomic E-state index is 12.3. The molecule has 0 amide bonds. The predicted octanol–water partition coefficient (Wildman–Crippen LogP) is 3.19. The van der Waals surface area contributed by atoms with Crippen molar-refractivity contribution in [3.8, 4) is 0 Å². The van der Waals surface area contributed by atoms with Crippen molar-refractivity contribution in [1.29, 1.82) is 0 Å². The number of benzene rings is 1. The number of pyridine rings is 1. The number of sulfonamides is 1. The number of nitrogens with zero attached hydrogens (tertiary/aromatic N) is 1. The van der Waals surface area contributed by atoms with Gasteiger partial charge in [0.25, 0.3) is 10.0 Å². The molecule has 0 fully saturated rings. The number of rotatable bonds is 3. The fraction of sp³-hybridized carbons (Fsp3) is 0.0833. The second kappa shape index (κ2) is 5.59. The van der Waals surface area contributed by atoms with Gasteiger partial charge in [-0.25, -0.2) is 8.42 Å². The van der Waals surface area contributed by atoms with E-state index in [1.165, 1.54) is 24.5 Å². The summed E-state index contributed by atoms with van der Waals surface area (Å²) in [4.78, 5) is 3.69. The van der Waals surface area contributed by atoms with Crippen LogP contribution >= 0.6 is 27.5 Å². The van der Waals surface area contributed by atoms with E-state index in [-0.39, 0.29) is 10.6 Å². The van der Waals surface area contributed by atoms with Gasteiger partial charge in [-0.05, 0) is 46.6 Å². The number of nitrogen functional groups attached to an aromatic ring is 1. The lowest BCUT2D eigenvalue weighted by atomic mass is 10.2. The standard InChI is InChI=1S/C12H11BrClN3O2S/c1-7-4-8(13)11(5-9(7)14)17-20(18,19)12-6-16-3-2-10(12)15/h2-6,17H,1H3,(H2,15,16). The van der Waals surface area contributed by atoms with E-state index in [1.807, 2.05) is 6.92 Å². The first-order valence-electron chi connectivity index (χ1n) is 5.49. The smallest absolute Gasteiger partial charge is 0.265 e. The Balaban J connectivity index is 2.44. The van der Waals surface area contributed by atoms with Crippen LogP contribution in [0.2, 0.25) is 5.02 Å². The lowest BCUT2D eigenvalue weighted by Gasteiger charge is -2.12. The van der Waals surface area contributed by atoms with E-state index >= 15 is 0 Å². The number of aromatic nitrogens is 1. The van der Waals surface area contributed by atoms with Gasteiger partial charge in [0.1, 0.15) is 4.90 Å². The molecule has 0 saturated carbocycles. The summed E-state index contributed by atoms with van der Waals surface area (Å²) in [6, 6.07) is 4.68. The van der Waals surface area contributed by atoms with Gasteiger partial charge in [0.05, 0.1) is 11.4 Å². The van der Waals surface area contributed by atoms with Crippen molar-refractivity contribution in [3.05, 3.63) is 45.7 Å². The average Bonchev–Trinajstić information content (AvgIpc) is 2.36. The van der Waals surface area contributed by atoms with Crippen LogP contribution in [-0.2, 0) is 10.0 Å². The molecular formula is C12H11BrClN3O2S. The Bertz CT molecular complexity index is 765. The van der Waals surface area contributed by atoms with Crippen molar-refractivity contribution in [2.75, 3.05) is 10.5 Å². The summed E-state index contributed by atoms with van der Waals surface area (Å²) in [6.45, 7) is 1.82. The molecule has 1 heterocycles. The fourth-order valence-corrected chi connectivity index (χ4v) is 3.54. The third kappa shape index (κ3) is 3.05. The van der Waals surface area contributed by atoms with Gasteiger partial charge < -0.3 is 5.73 Å². The zero-order valence-corrected chi connectivity index (χ0v) is 13.6. The Morgan fingerprint density at radius 1 is 1.40 bits per heavy atom. The molecule has 0 aliphatic rings. The third-order valence-electron chi connectivity index (χ3n) is 2.60. The monoisotopic (exact) mass is 375 g/mol. The molecule has 0 saturated heterocycles. The minimum Gasteiger partial charge on any atom is -0.398 e. The molecule has 0 atom stereocenters. The average molecular weight is 377 g/mol. The minimum absolute atomic E-state index is 0.0800. The van der Waals surface area contributed by atoms with Crippen molar-refractivity contribution in [2.24, 2.45) is 0 Å². The molecular weight excluding hydrogens is 366 g/mol. The summed E-state index contributed by atoms with van der Waals surface area (Å²) in [6.07, 6.45) is 2.62. The lowest BCUT2D eigenvalue weighted by molar-refractivity contribution is 0.601. The number of hydrogen-bond donors (Lipinski definition) is 2. The molecule has 1 aromatic carbocycles. The van der Waals surface area contributed by atoms with E-state index in [0.29, 0.717) is 15.2 Å². The topological polar surface area (TPSA) is 85.1 Å². The lowest BCUT2D eigenvalue weighted by Crippen LogP contribution is -2.15. The maximum absolute atomic E-state index is 12.3. The Kier molecular flexibility index (Phi) is 4.22. The fourth-order valence-electron chi connectivity index (χ4n) is 1.54. The molecule has 0 bridgehead atoms. The van der Waals surface area contributed by atoms with Crippen LogP contribution in [0.3, 0.4) is 0 Å². The van der Waals surface area contributed by atoms with Gasteiger partial charge >= 0.3 is 0 Å². The molecule has 3 N–H and O–H groups in total. The highest BCUT2D eigenvalue weighted by Gasteiger charge is 2.19. The first-order valence-corrected chi connectivity index (χ1v) is 8.14. The van der Waals surface area contributed by atoms with Crippen LogP contribution in [0.25, 0.3) is 0 Å². The molecule has 20 heavy (non-hydrogen) atoms. The van der Waals surface area contributed by atoms with Crippen molar-refractivity contribution in [3.63, 3.8) is 0 Å². The zero-order chi connectivity index (χ0) is 14.9. The van der Waals surface area contributed by atoms with Crippen LogP contribution in [-0.4, -0.2) is 13.4 Å². The molecule has 1 aromatic heterocycles. The molecule has 2 rings (SSSR count). The largest absolute Gasteiger partial charge is 0.398 e. The van der Waals surface area contributed by atoms with Crippen molar-refractivity contribution in [2.45, 2.75) is 11.8 Å². The Labute approximate surface area is 130 Å². The van der Waals surface area contributed by atoms with Gasteiger partial charge in [0.2, 0.25) is 0 Å². The molecule has 0 aliphatic heterocycles. The number of hydrogen-bond acceptors (Lipinski definition) is 4. The summed E-state index contributed by atoms with van der Waals surface area (Å²) < 4.78 is 27.6. The second-order valence-electron chi connectivity index (χ2n) is 4.10. The van der Waals surface area contributed by atoms with E-state index in [1.54, 1.807) is 6.07 Å². The van der Waals surface area contributed by atoms with Crippen LogP contribution < -0.4 is 10.5 Å². The van der Waals surface area contributed by atoms with Gasteiger partial charge in [-0.3, -0.25) is 9.71 Å². The highest BCUT2D eigenvalue weighted by Crippen LogP contribution is 2.31. The molecule has 0 spiro atoms. The number of nitrogens with two attached hydrogens (primary N) is 1. The molecule has 8 heteroatoms. The maximum Gasteiger partial charge on any atom is 0.265 e. The van der Waals surface area contributed by atoms with E-state index in [0.717, 1.165) is 5.56 Å². The predicted molar refractivity (Wildman–Crippen MR) is 83.3 cm³/mol.